The molecule has 0 saturated carbocycles. The molecule has 5 nitrogen and oxygen atoms in total. The summed E-state index contributed by atoms with van der Waals surface area (Å²) in [5.74, 6) is 0. The van der Waals surface area contributed by atoms with E-state index in [4.69, 9.17) is 9.47 Å². The van der Waals surface area contributed by atoms with Crippen LogP contribution >= 0.6 is 0 Å². The second-order valence-electron chi connectivity index (χ2n) is 5.98. The third-order valence-electron chi connectivity index (χ3n) is 3.28. The molecule has 0 aromatic carbocycles. The molecule has 98 valence electrons. The van der Waals surface area contributed by atoms with Gasteiger partial charge in [-0.05, 0) is 27.2 Å². The monoisotopic (exact) mass is 243 g/mol. The summed E-state index contributed by atoms with van der Waals surface area (Å²) < 4.78 is 10.8. The third-order valence-corrected chi connectivity index (χ3v) is 3.28. The molecule has 17 heavy (non-hydrogen) atoms. The average molecular weight is 243 g/mol. The number of aliphatic hydroxyl groups is 1. The average Bonchev–Trinajstić information content (AvgIpc) is 2.72. The summed E-state index contributed by atoms with van der Waals surface area (Å²) in [4.78, 5) is 13.8. The lowest BCUT2D eigenvalue weighted by molar-refractivity contribution is 0.00509. The lowest BCUT2D eigenvalue weighted by atomic mass is 9.95. The van der Waals surface area contributed by atoms with Gasteiger partial charge in [-0.2, -0.15) is 0 Å². The van der Waals surface area contributed by atoms with Crippen LogP contribution in [0.4, 0.5) is 4.79 Å². The molecule has 5 heteroatoms. The second-order valence-corrected chi connectivity index (χ2v) is 5.98. The van der Waals surface area contributed by atoms with Crippen LogP contribution in [0, 0.1) is 0 Å². The topological polar surface area (TPSA) is 59.0 Å². The minimum Gasteiger partial charge on any atom is -0.444 e. The number of hydrogen-bond donors (Lipinski definition) is 1. The minimum atomic E-state index is -0.509. The summed E-state index contributed by atoms with van der Waals surface area (Å²) in [7, 11) is 0. The van der Waals surface area contributed by atoms with Gasteiger partial charge in [0, 0.05) is 13.0 Å². The molecule has 0 bridgehead atoms. The Labute approximate surface area is 102 Å². The first-order valence-corrected chi connectivity index (χ1v) is 6.09. The highest BCUT2D eigenvalue weighted by molar-refractivity contribution is 5.70. The highest BCUT2D eigenvalue weighted by atomic mass is 16.6. The highest BCUT2D eigenvalue weighted by Gasteiger charge is 2.51. The van der Waals surface area contributed by atoms with E-state index in [-0.39, 0.29) is 11.6 Å². The number of ether oxygens (including phenoxy) is 2. The summed E-state index contributed by atoms with van der Waals surface area (Å²) in [6.07, 6.45) is 0.555. The summed E-state index contributed by atoms with van der Waals surface area (Å²) in [5.41, 5.74) is -0.854. The minimum absolute atomic E-state index is 0.345. The van der Waals surface area contributed by atoms with Gasteiger partial charge in [0.25, 0.3) is 0 Å². The molecule has 0 radical (unpaired) electrons. The maximum Gasteiger partial charge on any atom is 0.410 e. The Kier molecular flexibility index (Phi) is 3.08. The maximum atomic E-state index is 12.1. The fraction of sp³-hybridized carbons (Fsp3) is 0.917. The van der Waals surface area contributed by atoms with Gasteiger partial charge in [-0.25, -0.2) is 4.79 Å². The summed E-state index contributed by atoms with van der Waals surface area (Å²) in [6, 6.07) is 0. The maximum absolute atomic E-state index is 12.1. The summed E-state index contributed by atoms with van der Waals surface area (Å²) >= 11 is 0. The van der Waals surface area contributed by atoms with Crippen molar-refractivity contribution in [3.8, 4) is 0 Å². The van der Waals surface area contributed by atoms with Gasteiger partial charge in [0.1, 0.15) is 5.60 Å². The van der Waals surface area contributed by atoms with Crippen LogP contribution in [-0.4, -0.2) is 53.1 Å². The van der Waals surface area contributed by atoms with Crippen molar-refractivity contribution in [2.45, 2.75) is 50.9 Å². The lowest BCUT2D eigenvalue weighted by Gasteiger charge is -2.34. The van der Waals surface area contributed by atoms with Gasteiger partial charge in [0.2, 0.25) is 0 Å². The number of likely N-dealkylation sites (tertiary alicyclic amines) is 1. The molecule has 2 fully saturated rings. The van der Waals surface area contributed by atoms with Gasteiger partial charge >= 0.3 is 6.09 Å². The van der Waals surface area contributed by atoms with Crippen LogP contribution in [-0.2, 0) is 9.47 Å². The fourth-order valence-electron chi connectivity index (χ4n) is 2.57. The van der Waals surface area contributed by atoms with Crippen LogP contribution in [0.3, 0.4) is 0 Å². The van der Waals surface area contributed by atoms with E-state index in [1.54, 1.807) is 4.90 Å². The number of aliphatic hydroxyl groups excluding tert-OH is 1. The third kappa shape index (κ3) is 2.55. The first kappa shape index (κ1) is 12.6. The first-order chi connectivity index (χ1) is 7.82. The van der Waals surface area contributed by atoms with Crippen molar-refractivity contribution in [3.05, 3.63) is 0 Å². The van der Waals surface area contributed by atoms with Crippen molar-refractivity contribution in [1.29, 1.82) is 0 Å². The van der Waals surface area contributed by atoms with Crippen molar-refractivity contribution >= 4 is 6.09 Å². The molecule has 0 aromatic heterocycles. The highest BCUT2D eigenvalue weighted by Crippen LogP contribution is 2.37. The van der Waals surface area contributed by atoms with Crippen LogP contribution < -0.4 is 0 Å². The quantitative estimate of drug-likeness (QED) is 0.693. The number of β-amino-alcohol motifs (C(OH)–C–C–N with tert-alkyl or cyclic N) is 1. The number of amides is 1. The van der Waals surface area contributed by atoms with E-state index in [1.807, 2.05) is 20.8 Å². The van der Waals surface area contributed by atoms with E-state index in [2.05, 4.69) is 0 Å². The van der Waals surface area contributed by atoms with Gasteiger partial charge in [0.15, 0.2) is 0 Å². The van der Waals surface area contributed by atoms with Crippen LogP contribution in [0.15, 0.2) is 0 Å². The molecule has 2 saturated heterocycles. The van der Waals surface area contributed by atoms with Gasteiger partial charge in [-0.3, -0.25) is 4.90 Å². The van der Waals surface area contributed by atoms with Crippen molar-refractivity contribution < 1.29 is 19.4 Å². The summed E-state index contributed by atoms with van der Waals surface area (Å²) in [6.45, 7) is 7.02. The van der Waals surface area contributed by atoms with Crippen LogP contribution in [0.2, 0.25) is 0 Å². The number of rotatable bonds is 0. The normalized spacial score (nSPS) is 33.4. The Morgan fingerprint density at radius 1 is 1.53 bits per heavy atom. The molecule has 2 atom stereocenters. The summed E-state index contributed by atoms with van der Waals surface area (Å²) in [5, 5.41) is 9.77. The van der Waals surface area contributed by atoms with Crippen LogP contribution in [0.5, 0.6) is 0 Å². The van der Waals surface area contributed by atoms with Crippen LogP contribution in [0.1, 0.15) is 33.6 Å². The Bertz CT molecular complexity index is 304. The molecule has 0 aliphatic carbocycles. The molecule has 2 unspecified atom stereocenters. The molecule has 2 aliphatic rings. The number of carbonyl (C=O) groups is 1. The van der Waals surface area contributed by atoms with Gasteiger partial charge in [-0.15, -0.1) is 0 Å². The Hall–Kier alpha value is -0.810. The SMILES string of the molecule is CC(C)(C)OC(=O)N1CC(O)CC12CCOC2. The van der Waals surface area contributed by atoms with Crippen molar-refractivity contribution in [2.75, 3.05) is 19.8 Å². The van der Waals surface area contributed by atoms with Crippen molar-refractivity contribution in [2.24, 2.45) is 0 Å². The fourth-order valence-corrected chi connectivity index (χ4v) is 2.57. The predicted molar refractivity (Wildman–Crippen MR) is 61.7 cm³/mol. The van der Waals surface area contributed by atoms with Crippen molar-refractivity contribution in [1.82, 2.24) is 4.90 Å². The molecule has 2 aliphatic heterocycles. The predicted octanol–water partition coefficient (Wildman–Crippen LogP) is 1.15. The Morgan fingerprint density at radius 2 is 2.24 bits per heavy atom. The van der Waals surface area contributed by atoms with E-state index >= 15 is 0 Å². The van der Waals surface area contributed by atoms with E-state index in [0.29, 0.717) is 26.2 Å². The van der Waals surface area contributed by atoms with Gasteiger partial charge in [-0.1, -0.05) is 0 Å². The van der Waals surface area contributed by atoms with Gasteiger partial charge < -0.3 is 14.6 Å². The molecule has 2 heterocycles. The van der Waals surface area contributed by atoms with E-state index in [0.717, 1.165) is 6.42 Å². The van der Waals surface area contributed by atoms with Gasteiger partial charge in [0.05, 0.1) is 24.8 Å². The molecule has 1 N–H and O–H groups in total. The molecular weight excluding hydrogens is 222 g/mol. The van der Waals surface area contributed by atoms with E-state index in [9.17, 15) is 9.90 Å². The first-order valence-electron chi connectivity index (χ1n) is 6.09. The molecule has 0 aromatic rings. The largest absolute Gasteiger partial charge is 0.444 e. The van der Waals surface area contributed by atoms with E-state index in [1.165, 1.54) is 0 Å². The second kappa shape index (κ2) is 4.14. The Balaban J connectivity index is 2.10. The zero-order chi connectivity index (χ0) is 12.7. The molecular formula is C12H21NO4. The molecule has 1 spiro atoms. The zero-order valence-corrected chi connectivity index (χ0v) is 10.7. The lowest BCUT2D eigenvalue weighted by Crippen LogP contribution is -2.49. The number of nitrogens with zero attached hydrogens (tertiary/aromatic N) is 1. The smallest absolute Gasteiger partial charge is 0.410 e. The molecule has 1 amide bonds. The van der Waals surface area contributed by atoms with E-state index < -0.39 is 11.7 Å². The number of carbonyl (C=O) groups excluding carboxylic acids is 1. The Morgan fingerprint density at radius 3 is 2.76 bits per heavy atom. The molecule has 2 rings (SSSR count). The van der Waals surface area contributed by atoms with Crippen LogP contribution in [0.25, 0.3) is 0 Å². The zero-order valence-electron chi connectivity index (χ0n) is 10.7. The standard InChI is InChI=1S/C12H21NO4/c1-11(2,3)17-10(15)13-7-9(14)6-12(13)4-5-16-8-12/h9,14H,4-8H2,1-3H3. The van der Waals surface area contributed by atoms with Crippen molar-refractivity contribution in [3.63, 3.8) is 0 Å². The number of hydrogen-bond acceptors (Lipinski definition) is 4.